The smallest absolute Gasteiger partial charge is 0.521 e. The molecule has 4 rings (SSSR count). The number of hydrogen-bond donors (Lipinski definition) is 0. The predicted molar refractivity (Wildman–Crippen MR) is 98.2 cm³/mol. The molecule has 0 fully saturated rings. The molecule has 0 spiro atoms. The van der Waals surface area contributed by atoms with Crippen molar-refractivity contribution in [1.82, 2.24) is 0 Å². The first-order valence-corrected chi connectivity index (χ1v) is 7.98. The first-order chi connectivity index (χ1) is 11.8. The molecule has 0 aromatic heterocycles. The van der Waals surface area contributed by atoms with E-state index in [0.717, 1.165) is 11.0 Å². The van der Waals surface area contributed by atoms with Crippen LogP contribution in [0.5, 0.6) is 11.5 Å². The summed E-state index contributed by atoms with van der Waals surface area (Å²) in [4.78, 5) is 4.52. The van der Waals surface area contributed by atoms with E-state index >= 15 is 0 Å². The SMILES string of the molecule is Clc1ccc2c(c1)N=Cc1ccccc1OB(c1ccccc1)O2. The van der Waals surface area contributed by atoms with E-state index in [0.29, 0.717) is 22.2 Å². The molecule has 0 unspecified atom stereocenters. The first kappa shape index (κ1) is 14.9. The van der Waals surface area contributed by atoms with Crippen LogP contribution in [0.4, 0.5) is 5.69 Å². The van der Waals surface area contributed by atoms with Gasteiger partial charge in [-0.05, 0) is 30.3 Å². The van der Waals surface area contributed by atoms with Crippen LogP contribution in [0.1, 0.15) is 5.56 Å². The molecule has 0 amide bonds. The Morgan fingerprint density at radius 3 is 2.42 bits per heavy atom. The molecule has 0 N–H and O–H groups in total. The van der Waals surface area contributed by atoms with Crippen LogP contribution < -0.4 is 14.8 Å². The zero-order valence-corrected chi connectivity index (χ0v) is 13.5. The van der Waals surface area contributed by atoms with Gasteiger partial charge in [0.05, 0.1) is 0 Å². The van der Waals surface area contributed by atoms with Gasteiger partial charge >= 0.3 is 7.12 Å². The van der Waals surface area contributed by atoms with E-state index in [2.05, 4.69) is 4.99 Å². The van der Waals surface area contributed by atoms with Gasteiger partial charge in [0.2, 0.25) is 0 Å². The van der Waals surface area contributed by atoms with Crippen molar-refractivity contribution in [2.75, 3.05) is 0 Å². The second kappa shape index (κ2) is 6.42. The molecule has 0 saturated carbocycles. The number of halogens is 1. The molecule has 0 bridgehead atoms. The lowest BCUT2D eigenvalue weighted by Gasteiger charge is -2.18. The van der Waals surface area contributed by atoms with Gasteiger partial charge in [-0.2, -0.15) is 0 Å². The Bertz CT molecular complexity index is 899. The van der Waals surface area contributed by atoms with Crippen LogP contribution in [0.25, 0.3) is 0 Å². The molecule has 0 saturated heterocycles. The van der Waals surface area contributed by atoms with Crippen molar-refractivity contribution < 1.29 is 9.31 Å². The Hall–Kier alpha value is -2.72. The third-order valence-corrected chi connectivity index (χ3v) is 3.96. The molecule has 116 valence electrons. The fourth-order valence-corrected chi connectivity index (χ4v) is 2.69. The van der Waals surface area contributed by atoms with E-state index in [9.17, 15) is 0 Å². The van der Waals surface area contributed by atoms with Crippen molar-refractivity contribution in [2.45, 2.75) is 0 Å². The number of rotatable bonds is 1. The maximum Gasteiger partial charge on any atom is 0.632 e. The van der Waals surface area contributed by atoms with Crippen molar-refractivity contribution in [3.05, 3.63) is 83.4 Å². The average molecular weight is 334 g/mol. The Labute approximate surface area is 145 Å². The van der Waals surface area contributed by atoms with Crippen LogP contribution in [-0.2, 0) is 0 Å². The standard InChI is InChI=1S/C19H13BClNO2/c21-16-10-11-19-17(12-16)22-13-14-6-4-5-9-18(14)23-20(24-19)15-7-2-1-3-8-15/h1-13H. The highest BCUT2D eigenvalue weighted by Gasteiger charge is 2.28. The van der Waals surface area contributed by atoms with Crippen LogP contribution in [0.2, 0.25) is 5.02 Å². The lowest BCUT2D eigenvalue weighted by molar-refractivity contribution is 0.440. The van der Waals surface area contributed by atoms with Gasteiger partial charge in [-0.15, -0.1) is 0 Å². The van der Waals surface area contributed by atoms with E-state index < -0.39 is 7.12 Å². The summed E-state index contributed by atoms with van der Waals surface area (Å²) in [6.45, 7) is 0. The number of benzene rings is 3. The lowest BCUT2D eigenvalue weighted by Crippen LogP contribution is -2.42. The Balaban J connectivity index is 1.85. The van der Waals surface area contributed by atoms with Crippen molar-refractivity contribution in [2.24, 2.45) is 4.99 Å². The van der Waals surface area contributed by atoms with Gasteiger partial charge in [0.25, 0.3) is 0 Å². The first-order valence-electron chi connectivity index (χ1n) is 7.60. The van der Waals surface area contributed by atoms with E-state index in [1.807, 2.05) is 60.7 Å². The monoisotopic (exact) mass is 333 g/mol. The summed E-state index contributed by atoms with van der Waals surface area (Å²) in [6, 6.07) is 22.9. The van der Waals surface area contributed by atoms with Crippen molar-refractivity contribution >= 4 is 36.1 Å². The molecule has 3 nitrogen and oxygen atoms in total. The van der Waals surface area contributed by atoms with Gasteiger partial charge in [0.1, 0.15) is 17.2 Å². The van der Waals surface area contributed by atoms with E-state index in [1.54, 1.807) is 18.3 Å². The van der Waals surface area contributed by atoms with Gasteiger partial charge in [0, 0.05) is 22.3 Å². The van der Waals surface area contributed by atoms with Gasteiger partial charge in [-0.3, -0.25) is 4.99 Å². The van der Waals surface area contributed by atoms with Crippen molar-refractivity contribution in [3.63, 3.8) is 0 Å². The predicted octanol–water partition coefficient (Wildman–Crippen LogP) is 4.26. The fourth-order valence-electron chi connectivity index (χ4n) is 2.53. The zero-order chi connectivity index (χ0) is 16.4. The zero-order valence-electron chi connectivity index (χ0n) is 12.7. The van der Waals surface area contributed by atoms with Crippen LogP contribution in [0.3, 0.4) is 0 Å². The molecule has 24 heavy (non-hydrogen) atoms. The molecule has 1 heterocycles. The number of fused-ring (bicyclic) bond motifs is 2. The van der Waals surface area contributed by atoms with Crippen molar-refractivity contribution in [1.29, 1.82) is 0 Å². The Morgan fingerprint density at radius 2 is 1.54 bits per heavy atom. The highest BCUT2D eigenvalue weighted by molar-refractivity contribution is 6.62. The second-order valence-corrected chi connectivity index (χ2v) is 5.82. The molecule has 0 atom stereocenters. The average Bonchev–Trinajstić information content (AvgIpc) is 2.70. The summed E-state index contributed by atoms with van der Waals surface area (Å²) in [7, 11) is -0.575. The number of hydrogen-bond acceptors (Lipinski definition) is 3. The molecule has 1 aliphatic rings. The molecule has 3 aromatic rings. The molecule has 5 heteroatoms. The molecular weight excluding hydrogens is 320 g/mol. The minimum absolute atomic E-state index is 0.575. The Kier molecular flexibility index (Phi) is 3.97. The molecule has 0 radical (unpaired) electrons. The third-order valence-electron chi connectivity index (χ3n) is 3.72. The number of nitrogens with zero attached hydrogens (tertiary/aromatic N) is 1. The fraction of sp³-hybridized carbons (Fsp3) is 0. The van der Waals surface area contributed by atoms with Gasteiger partial charge < -0.3 is 9.31 Å². The highest BCUT2D eigenvalue weighted by atomic mass is 35.5. The number of aliphatic imine (C=N–C) groups is 1. The van der Waals surface area contributed by atoms with E-state index in [-0.39, 0.29) is 0 Å². The maximum absolute atomic E-state index is 6.14. The van der Waals surface area contributed by atoms with E-state index in [4.69, 9.17) is 20.9 Å². The lowest BCUT2D eigenvalue weighted by atomic mass is 9.78. The molecular formula is C19H13BClNO2. The summed E-state index contributed by atoms with van der Waals surface area (Å²) in [6.07, 6.45) is 1.77. The molecule has 3 aromatic carbocycles. The van der Waals surface area contributed by atoms with Crippen LogP contribution in [-0.4, -0.2) is 13.3 Å². The van der Waals surface area contributed by atoms with Crippen LogP contribution in [0, 0.1) is 0 Å². The number of para-hydroxylation sites is 1. The van der Waals surface area contributed by atoms with Crippen LogP contribution in [0.15, 0.2) is 77.8 Å². The van der Waals surface area contributed by atoms with E-state index in [1.165, 1.54) is 0 Å². The van der Waals surface area contributed by atoms with Crippen LogP contribution >= 0.6 is 11.6 Å². The topological polar surface area (TPSA) is 30.8 Å². The normalized spacial score (nSPS) is 12.8. The third kappa shape index (κ3) is 3.01. The Morgan fingerprint density at radius 1 is 0.792 bits per heavy atom. The summed E-state index contributed by atoms with van der Waals surface area (Å²) < 4.78 is 12.3. The van der Waals surface area contributed by atoms with Gasteiger partial charge in [-0.1, -0.05) is 54.1 Å². The van der Waals surface area contributed by atoms with Crippen molar-refractivity contribution in [3.8, 4) is 11.5 Å². The molecule has 0 aliphatic carbocycles. The largest absolute Gasteiger partial charge is 0.632 e. The highest BCUT2D eigenvalue weighted by Crippen LogP contribution is 2.33. The summed E-state index contributed by atoms with van der Waals surface area (Å²) in [5, 5.41) is 0.610. The van der Waals surface area contributed by atoms with Gasteiger partial charge in [-0.25, -0.2) is 0 Å². The minimum atomic E-state index is -0.575. The summed E-state index contributed by atoms with van der Waals surface area (Å²) >= 11 is 6.10. The summed E-state index contributed by atoms with van der Waals surface area (Å²) in [5.41, 5.74) is 2.48. The van der Waals surface area contributed by atoms with Gasteiger partial charge in [0.15, 0.2) is 0 Å². The molecule has 1 aliphatic heterocycles. The maximum atomic E-state index is 6.14. The minimum Gasteiger partial charge on any atom is -0.521 e. The second-order valence-electron chi connectivity index (χ2n) is 5.39. The quantitative estimate of drug-likeness (QED) is 0.623. The summed E-state index contributed by atoms with van der Waals surface area (Å²) in [5.74, 6) is 1.34.